The Labute approximate surface area is 89.6 Å². The van der Waals surface area contributed by atoms with E-state index in [1.54, 1.807) is 6.20 Å². The molecular formula is C13H12NO. The van der Waals surface area contributed by atoms with E-state index in [2.05, 4.69) is 11.1 Å². The van der Waals surface area contributed by atoms with Crippen molar-refractivity contribution in [3.8, 4) is 17.0 Å². The summed E-state index contributed by atoms with van der Waals surface area (Å²) in [4.78, 5) is 4.21. The molecule has 0 N–H and O–H groups in total. The zero-order chi connectivity index (χ0) is 10.5. The van der Waals surface area contributed by atoms with Crippen molar-refractivity contribution < 1.29 is 4.74 Å². The largest absolute Gasteiger partial charge is 0.478 e. The summed E-state index contributed by atoms with van der Waals surface area (Å²) in [5.74, 6) is 0.686. The van der Waals surface area contributed by atoms with E-state index in [1.807, 2.05) is 43.3 Å². The quantitative estimate of drug-likeness (QED) is 0.756. The van der Waals surface area contributed by atoms with Gasteiger partial charge in [-0.15, -0.1) is 0 Å². The van der Waals surface area contributed by atoms with Crippen molar-refractivity contribution >= 4 is 0 Å². The summed E-state index contributed by atoms with van der Waals surface area (Å²) in [6.45, 7) is 2.58. The minimum Gasteiger partial charge on any atom is -0.478 e. The maximum atomic E-state index is 5.47. The molecule has 0 saturated heterocycles. The van der Waals surface area contributed by atoms with Gasteiger partial charge in [-0.1, -0.05) is 24.3 Å². The van der Waals surface area contributed by atoms with Crippen molar-refractivity contribution in [3.05, 3.63) is 48.7 Å². The van der Waals surface area contributed by atoms with E-state index in [0.29, 0.717) is 12.5 Å². The third-order valence-corrected chi connectivity index (χ3v) is 2.08. The summed E-state index contributed by atoms with van der Waals surface area (Å²) in [7, 11) is 0. The number of benzene rings is 1. The lowest BCUT2D eigenvalue weighted by molar-refractivity contribution is 0.328. The van der Waals surface area contributed by atoms with Crippen LogP contribution in [0.25, 0.3) is 11.1 Å². The van der Waals surface area contributed by atoms with Gasteiger partial charge in [0, 0.05) is 11.8 Å². The van der Waals surface area contributed by atoms with Crippen LogP contribution in [0.5, 0.6) is 5.88 Å². The second kappa shape index (κ2) is 4.60. The van der Waals surface area contributed by atoms with Crippen molar-refractivity contribution in [3.63, 3.8) is 0 Å². The molecule has 0 saturated carbocycles. The Morgan fingerprint density at radius 3 is 2.80 bits per heavy atom. The molecule has 1 heterocycles. The Bertz CT molecular complexity index is 426. The number of aromatic nitrogens is 1. The van der Waals surface area contributed by atoms with Crippen molar-refractivity contribution in [1.29, 1.82) is 0 Å². The molecule has 2 rings (SSSR count). The predicted molar refractivity (Wildman–Crippen MR) is 59.7 cm³/mol. The van der Waals surface area contributed by atoms with Gasteiger partial charge in [0.15, 0.2) is 0 Å². The van der Waals surface area contributed by atoms with Gasteiger partial charge in [0.25, 0.3) is 0 Å². The van der Waals surface area contributed by atoms with Crippen LogP contribution in [-0.4, -0.2) is 11.6 Å². The normalized spacial score (nSPS) is 9.93. The first-order valence-electron chi connectivity index (χ1n) is 4.96. The van der Waals surface area contributed by atoms with Crippen LogP contribution in [0.3, 0.4) is 0 Å². The minimum atomic E-state index is 0.628. The van der Waals surface area contributed by atoms with Crippen LogP contribution in [0.1, 0.15) is 6.92 Å². The highest BCUT2D eigenvalue weighted by Crippen LogP contribution is 2.26. The lowest BCUT2D eigenvalue weighted by Crippen LogP contribution is -1.96. The predicted octanol–water partition coefficient (Wildman–Crippen LogP) is 2.95. The molecular weight excluding hydrogens is 186 g/mol. The summed E-state index contributed by atoms with van der Waals surface area (Å²) < 4.78 is 5.47. The van der Waals surface area contributed by atoms with E-state index in [9.17, 15) is 0 Å². The van der Waals surface area contributed by atoms with Crippen LogP contribution in [0.15, 0.2) is 42.6 Å². The second-order valence-electron chi connectivity index (χ2n) is 3.08. The lowest BCUT2D eigenvalue weighted by Gasteiger charge is -2.07. The molecule has 0 bridgehead atoms. The molecule has 1 aromatic carbocycles. The summed E-state index contributed by atoms with van der Waals surface area (Å²) in [6.07, 6.45) is 1.74. The first kappa shape index (κ1) is 9.71. The molecule has 0 amide bonds. The minimum absolute atomic E-state index is 0.628. The number of pyridine rings is 1. The van der Waals surface area contributed by atoms with Gasteiger partial charge in [0.05, 0.1) is 6.61 Å². The molecule has 15 heavy (non-hydrogen) atoms. The summed E-state index contributed by atoms with van der Waals surface area (Å²) in [5, 5.41) is 0. The third-order valence-electron chi connectivity index (χ3n) is 2.08. The maximum Gasteiger partial charge on any atom is 0.221 e. The van der Waals surface area contributed by atoms with Crippen LogP contribution in [0, 0.1) is 6.07 Å². The van der Waals surface area contributed by atoms with E-state index in [4.69, 9.17) is 4.74 Å². The summed E-state index contributed by atoms with van der Waals surface area (Å²) in [6, 6.07) is 14.7. The van der Waals surface area contributed by atoms with E-state index >= 15 is 0 Å². The van der Waals surface area contributed by atoms with E-state index in [0.717, 1.165) is 11.1 Å². The SMILES string of the molecule is CCOc1ncccc1-c1cc[c]cc1. The van der Waals surface area contributed by atoms with Gasteiger partial charge in [-0.25, -0.2) is 4.98 Å². The standard InChI is InChI=1S/C13H12NO/c1-2-15-13-12(9-6-10-14-13)11-7-4-3-5-8-11/h4-10H,2H2,1H3. The van der Waals surface area contributed by atoms with Crippen LogP contribution in [-0.2, 0) is 0 Å². The number of hydrogen-bond donors (Lipinski definition) is 0. The molecule has 2 heteroatoms. The molecule has 0 aliphatic heterocycles. The van der Waals surface area contributed by atoms with Gasteiger partial charge in [-0.2, -0.15) is 0 Å². The van der Waals surface area contributed by atoms with E-state index in [1.165, 1.54) is 0 Å². The lowest BCUT2D eigenvalue weighted by atomic mass is 10.1. The van der Waals surface area contributed by atoms with Crippen LogP contribution in [0.4, 0.5) is 0 Å². The third kappa shape index (κ3) is 2.15. The molecule has 0 unspecified atom stereocenters. The van der Waals surface area contributed by atoms with Gasteiger partial charge in [-0.3, -0.25) is 0 Å². The Hall–Kier alpha value is -1.83. The fraction of sp³-hybridized carbons (Fsp3) is 0.154. The van der Waals surface area contributed by atoms with Crippen LogP contribution < -0.4 is 4.74 Å². The highest BCUT2D eigenvalue weighted by molar-refractivity contribution is 5.68. The molecule has 1 aromatic heterocycles. The zero-order valence-electron chi connectivity index (χ0n) is 8.60. The van der Waals surface area contributed by atoms with Gasteiger partial charge in [0.2, 0.25) is 5.88 Å². The van der Waals surface area contributed by atoms with Crippen LogP contribution in [0.2, 0.25) is 0 Å². The first-order chi connectivity index (χ1) is 7.42. The number of hydrogen-bond acceptors (Lipinski definition) is 2. The van der Waals surface area contributed by atoms with E-state index < -0.39 is 0 Å². The Balaban J connectivity index is 2.43. The van der Waals surface area contributed by atoms with Crippen LogP contribution >= 0.6 is 0 Å². The zero-order valence-corrected chi connectivity index (χ0v) is 8.60. The fourth-order valence-corrected chi connectivity index (χ4v) is 1.43. The molecule has 0 aliphatic carbocycles. The van der Waals surface area contributed by atoms with Crippen molar-refractivity contribution in [2.75, 3.05) is 6.61 Å². The molecule has 2 aromatic rings. The molecule has 1 radical (unpaired) electrons. The highest BCUT2D eigenvalue weighted by atomic mass is 16.5. The number of rotatable bonds is 3. The molecule has 2 nitrogen and oxygen atoms in total. The number of ether oxygens (including phenoxy) is 1. The van der Waals surface area contributed by atoms with Crippen molar-refractivity contribution in [2.45, 2.75) is 6.92 Å². The first-order valence-corrected chi connectivity index (χ1v) is 4.96. The van der Waals surface area contributed by atoms with E-state index in [-0.39, 0.29) is 0 Å². The monoisotopic (exact) mass is 198 g/mol. The average molecular weight is 198 g/mol. The van der Waals surface area contributed by atoms with Gasteiger partial charge >= 0.3 is 0 Å². The molecule has 0 aliphatic rings. The fourth-order valence-electron chi connectivity index (χ4n) is 1.43. The number of nitrogens with zero attached hydrogens (tertiary/aromatic N) is 1. The summed E-state index contributed by atoms with van der Waals surface area (Å²) in [5.41, 5.74) is 2.12. The topological polar surface area (TPSA) is 22.1 Å². The molecule has 0 atom stereocenters. The van der Waals surface area contributed by atoms with Gasteiger partial charge in [-0.05, 0) is 30.7 Å². The summed E-state index contributed by atoms with van der Waals surface area (Å²) >= 11 is 0. The van der Waals surface area contributed by atoms with Crippen molar-refractivity contribution in [2.24, 2.45) is 0 Å². The molecule has 0 fully saturated rings. The Morgan fingerprint density at radius 2 is 2.07 bits per heavy atom. The maximum absolute atomic E-state index is 5.47. The Kier molecular flexibility index (Phi) is 2.98. The molecule has 75 valence electrons. The Morgan fingerprint density at radius 1 is 1.27 bits per heavy atom. The highest BCUT2D eigenvalue weighted by Gasteiger charge is 2.05. The van der Waals surface area contributed by atoms with Crippen molar-refractivity contribution in [1.82, 2.24) is 4.98 Å². The molecule has 0 spiro atoms. The smallest absolute Gasteiger partial charge is 0.221 e. The van der Waals surface area contributed by atoms with Gasteiger partial charge in [0.1, 0.15) is 0 Å². The second-order valence-corrected chi connectivity index (χ2v) is 3.08. The average Bonchev–Trinajstić information content (AvgIpc) is 2.31. The van der Waals surface area contributed by atoms with Gasteiger partial charge < -0.3 is 4.74 Å².